The van der Waals surface area contributed by atoms with Crippen LogP contribution in [0.3, 0.4) is 0 Å². The molecule has 0 rings (SSSR count). The van der Waals surface area contributed by atoms with Crippen LogP contribution in [0.2, 0.25) is 0 Å². The molecule has 128 valence electrons. The maximum Gasteiger partial charge on any atom is 0.00387 e. The van der Waals surface area contributed by atoms with Gasteiger partial charge in [-0.1, -0.05) is 41.0 Å². The molecule has 1 N–H and O–H groups in total. The fourth-order valence-electron chi connectivity index (χ4n) is 2.50. The first-order chi connectivity index (χ1) is 9.95. The van der Waals surface area contributed by atoms with Gasteiger partial charge in [0.25, 0.3) is 0 Å². The maximum atomic E-state index is 3.59. The van der Waals surface area contributed by atoms with Crippen molar-refractivity contribution in [2.75, 3.05) is 26.2 Å². The standard InChI is InChI=1S/C19H42N2/c1-7-13-20-19(6)10-8-9-14-21(15-11-17(2)3)16-12-18(4)5/h17-20H,7-16H2,1-6H3. The number of nitrogens with one attached hydrogen (secondary N) is 1. The highest BCUT2D eigenvalue weighted by Crippen LogP contribution is 2.09. The average Bonchev–Trinajstić information content (AvgIpc) is 2.42. The van der Waals surface area contributed by atoms with E-state index in [1.807, 2.05) is 0 Å². The fourth-order valence-corrected chi connectivity index (χ4v) is 2.50. The molecule has 1 atom stereocenters. The molecule has 0 aromatic rings. The summed E-state index contributed by atoms with van der Waals surface area (Å²) in [5.41, 5.74) is 0. The Hall–Kier alpha value is -0.0800. The van der Waals surface area contributed by atoms with E-state index in [-0.39, 0.29) is 0 Å². The van der Waals surface area contributed by atoms with Gasteiger partial charge >= 0.3 is 0 Å². The first kappa shape index (κ1) is 20.9. The Kier molecular flexibility index (Phi) is 13.5. The number of rotatable bonds is 14. The summed E-state index contributed by atoms with van der Waals surface area (Å²) in [6.45, 7) is 18.9. The lowest BCUT2D eigenvalue weighted by Gasteiger charge is -2.24. The van der Waals surface area contributed by atoms with Crippen LogP contribution in [0.4, 0.5) is 0 Å². The van der Waals surface area contributed by atoms with Crippen LogP contribution in [-0.2, 0) is 0 Å². The van der Waals surface area contributed by atoms with Gasteiger partial charge in [-0.2, -0.15) is 0 Å². The van der Waals surface area contributed by atoms with Crippen molar-refractivity contribution < 1.29 is 0 Å². The SMILES string of the molecule is CCCNC(C)CCCCN(CCC(C)C)CCC(C)C. The number of nitrogens with zero attached hydrogens (tertiary/aromatic N) is 1. The monoisotopic (exact) mass is 298 g/mol. The van der Waals surface area contributed by atoms with Crippen LogP contribution in [0, 0.1) is 11.8 Å². The fraction of sp³-hybridized carbons (Fsp3) is 1.00. The van der Waals surface area contributed by atoms with Gasteiger partial charge < -0.3 is 10.2 Å². The van der Waals surface area contributed by atoms with Crippen molar-refractivity contribution in [1.82, 2.24) is 10.2 Å². The second kappa shape index (κ2) is 13.6. The largest absolute Gasteiger partial charge is 0.314 e. The van der Waals surface area contributed by atoms with E-state index < -0.39 is 0 Å². The summed E-state index contributed by atoms with van der Waals surface area (Å²) in [5.74, 6) is 1.65. The third-order valence-electron chi connectivity index (χ3n) is 4.15. The van der Waals surface area contributed by atoms with Gasteiger partial charge in [0.05, 0.1) is 0 Å². The Morgan fingerprint density at radius 1 is 0.762 bits per heavy atom. The lowest BCUT2D eigenvalue weighted by Crippen LogP contribution is -2.30. The summed E-state index contributed by atoms with van der Waals surface area (Å²) >= 11 is 0. The van der Waals surface area contributed by atoms with E-state index in [0.717, 1.165) is 18.4 Å². The molecule has 0 fully saturated rings. The predicted molar refractivity (Wildman–Crippen MR) is 97.0 cm³/mol. The maximum absolute atomic E-state index is 3.59. The zero-order chi connectivity index (χ0) is 16.1. The topological polar surface area (TPSA) is 15.3 Å². The molecule has 0 spiro atoms. The highest BCUT2D eigenvalue weighted by atomic mass is 15.1. The van der Waals surface area contributed by atoms with Crippen LogP contribution in [-0.4, -0.2) is 37.1 Å². The quantitative estimate of drug-likeness (QED) is 0.457. The second-order valence-corrected chi connectivity index (χ2v) is 7.56. The molecule has 2 heteroatoms. The van der Waals surface area contributed by atoms with Gasteiger partial charge in [0.1, 0.15) is 0 Å². The van der Waals surface area contributed by atoms with Gasteiger partial charge in [-0.25, -0.2) is 0 Å². The summed E-state index contributed by atoms with van der Waals surface area (Å²) in [5, 5.41) is 3.59. The Bertz CT molecular complexity index is 202. The summed E-state index contributed by atoms with van der Waals surface area (Å²) in [6.07, 6.45) is 7.95. The first-order valence-corrected chi connectivity index (χ1v) is 9.41. The van der Waals surface area contributed by atoms with Crippen LogP contribution in [0.5, 0.6) is 0 Å². The summed E-state index contributed by atoms with van der Waals surface area (Å²) in [7, 11) is 0. The molecule has 0 heterocycles. The number of hydrogen-bond donors (Lipinski definition) is 1. The summed E-state index contributed by atoms with van der Waals surface area (Å²) in [4.78, 5) is 2.70. The van der Waals surface area contributed by atoms with E-state index >= 15 is 0 Å². The molecular formula is C19H42N2. The lowest BCUT2D eigenvalue weighted by atomic mass is 10.1. The van der Waals surface area contributed by atoms with Crippen LogP contribution in [0.25, 0.3) is 0 Å². The van der Waals surface area contributed by atoms with Crippen molar-refractivity contribution in [1.29, 1.82) is 0 Å². The molecule has 0 aliphatic rings. The molecule has 0 saturated carbocycles. The van der Waals surface area contributed by atoms with Crippen molar-refractivity contribution in [3.8, 4) is 0 Å². The zero-order valence-electron chi connectivity index (χ0n) is 15.8. The molecule has 0 radical (unpaired) electrons. The Labute approximate surface area is 135 Å². The van der Waals surface area contributed by atoms with E-state index in [4.69, 9.17) is 0 Å². The molecule has 0 aliphatic heterocycles. The van der Waals surface area contributed by atoms with Crippen LogP contribution in [0.15, 0.2) is 0 Å². The highest BCUT2D eigenvalue weighted by molar-refractivity contribution is 4.64. The van der Waals surface area contributed by atoms with Gasteiger partial charge in [0.15, 0.2) is 0 Å². The third kappa shape index (κ3) is 14.6. The zero-order valence-corrected chi connectivity index (χ0v) is 15.8. The molecule has 0 aliphatic carbocycles. The Balaban J connectivity index is 3.82. The first-order valence-electron chi connectivity index (χ1n) is 9.41. The summed E-state index contributed by atoms with van der Waals surface area (Å²) < 4.78 is 0. The number of hydrogen-bond acceptors (Lipinski definition) is 2. The predicted octanol–water partition coefficient (Wildman–Crippen LogP) is 4.94. The van der Waals surface area contributed by atoms with E-state index in [1.54, 1.807) is 0 Å². The van der Waals surface area contributed by atoms with Gasteiger partial charge in [-0.05, 0) is 77.0 Å². The molecule has 0 aromatic heterocycles. The van der Waals surface area contributed by atoms with Gasteiger partial charge in [0.2, 0.25) is 0 Å². The van der Waals surface area contributed by atoms with Crippen LogP contribution >= 0.6 is 0 Å². The second-order valence-electron chi connectivity index (χ2n) is 7.56. The molecule has 0 saturated heterocycles. The molecule has 0 aromatic carbocycles. The minimum Gasteiger partial charge on any atom is -0.314 e. The Morgan fingerprint density at radius 3 is 1.81 bits per heavy atom. The molecule has 21 heavy (non-hydrogen) atoms. The van der Waals surface area contributed by atoms with Crippen LogP contribution < -0.4 is 5.32 Å². The Morgan fingerprint density at radius 2 is 1.33 bits per heavy atom. The normalized spacial score (nSPS) is 13.6. The molecule has 1 unspecified atom stereocenters. The van der Waals surface area contributed by atoms with Crippen LogP contribution in [0.1, 0.15) is 80.1 Å². The minimum absolute atomic E-state index is 0.685. The molecule has 2 nitrogen and oxygen atoms in total. The third-order valence-corrected chi connectivity index (χ3v) is 4.15. The van der Waals surface area contributed by atoms with Gasteiger partial charge in [0, 0.05) is 6.04 Å². The van der Waals surface area contributed by atoms with Crippen molar-refractivity contribution in [2.45, 2.75) is 86.1 Å². The van der Waals surface area contributed by atoms with E-state index in [0.29, 0.717) is 6.04 Å². The van der Waals surface area contributed by atoms with E-state index in [1.165, 1.54) is 58.2 Å². The molecule has 0 amide bonds. The molecule has 0 bridgehead atoms. The molecular weight excluding hydrogens is 256 g/mol. The van der Waals surface area contributed by atoms with Gasteiger partial charge in [-0.3, -0.25) is 0 Å². The van der Waals surface area contributed by atoms with Gasteiger partial charge in [-0.15, -0.1) is 0 Å². The van der Waals surface area contributed by atoms with E-state index in [9.17, 15) is 0 Å². The number of unbranched alkanes of at least 4 members (excludes halogenated alkanes) is 1. The van der Waals surface area contributed by atoms with E-state index in [2.05, 4.69) is 51.8 Å². The van der Waals surface area contributed by atoms with Crippen molar-refractivity contribution in [2.24, 2.45) is 11.8 Å². The summed E-state index contributed by atoms with van der Waals surface area (Å²) in [6, 6.07) is 0.685. The highest BCUT2D eigenvalue weighted by Gasteiger charge is 2.08. The van der Waals surface area contributed by atoms with Crippen molar-refractivity contribution in [3.05, 3.63) is 0 Å². The van der Waals surface area contributed by atoms with Crippen molar-refractivity contribution in [3.63, 3.8) is 0 Å². The average molecular weight is 299 g/mol. The minimum atomic E-state index is 0.685. The smallest absolute Gasteiger partial charge is 0.00387 e. The lowest BCUT2D eigenvalue weighted by molar-refractivity contribution is 0.237. The van der Waals surface area contributed by atoms with Crippen molar-refractivity contribution >= 4 is 0 Å².